The Morgan fingerprint density at radius 2 is 1.81 bits per heavy atom. The molecule has 6 heteroatoms. The van der Waals surface area contributed by atoms with E-state index in [1.165, 1.54) is 7.11 Å². The zero-order chi connectivity index (χ0) is 16.0. The van der Waals surface area contributed by atoms with Crippen LogP contribution in [-0.4, -0.2) is 25.0 Å². The van der Waals surface area contributed by atoms with Crippen LogP contribution in [0.3, 0.4) is 0 Å². The Kier molecular flexibility index (Phi) is 6.27. The summed E-state index contributed by atoms with van der Waals surface area (Å²) in [6.07, 6.45) is 0.466. The number of hydrogen-bond donors (Lipinski definition) is 1. The Morgan fingerprint density at radius 1 is 1.24 bits per heavy atom. The maximum absolute atomic E-state index is 13.1. The first-order chi connectivity index (χ1) is 9.87. The summed E-state index contributed by atoms with van der Waals surface area (Å²) < 4.78 is 30.8. The molecule has 116 valence electrons. The van der Waals surface area contributed by atoms with Gasteiger partial charge in [-0.25, -0.2) is 13.6 Å². The highest BCUT2D eigenvalue weighted by Crippen LogP contribution is 2.11. The molecule has 0 unspecified atom stereocenters. The number of carbonyl (C=O) groups is 2. The lowest BCUT2D eigenvalue weighted by atomic mass is 9.99. The average molecular weight is 299 g/mol. The standard InChI is InChI=1S/C15H19F2NO3/c1-4-9(2)14(15(20)21-3)18-13(19)7-10-5-11(16)8-12(17)6-10/h5-6,8-9,14H,4,7H2,1-3H3,(H,18,19)/t9-,14-/m0/s1. The number of nitrogens with one attached hydrogen (secondary N) is 1. The average Bonchev–Trinajstić information content (AvgIpc) is 2.41. The molecule has 0 aliphatic carbocycles. The van der Waals surface area contributed by atoms with Gasteiger partial charge in [0, 0.05) is 6.07 Å². The normalized spacial score (nSPS) is 13.4. The van der Waals surface area contributed by atoms with Crippen molar-refractivity contribution in [1.29, 1.82) is 0 Å². The molecule has 1 N–H and O–H groups in total. The summed E-state index contributed by atoms with van der Waals surface area (Å²) in [4.78, 5) is 23.6. The van der Waals surface area contributed by atoms with Gasteiger partial charge in [-0.15, -0.1) is 0 Å². The minimum Gasteiger partial charge on any atom is -0.467 e. The minimum atomic E-state index is -0.772. The monoisotopic (exact) mass is 299 g/mol. The Hall–Kier alpha value is -1.98. The van der Waals surface area contributed by atoms with Crippen molar-refractivity contribution < 1.29 is 23.1 Å². The number of ether oxygens (including phenoxy) is 1. The van der Waals surface area contributed by atoms with E-state index in [1.54, 1.807) is 0 Å². The van der Waals surface area contributed by atoms with E-state index in [9.17, 15) is 18.4 Å². The van der Waals surface area contributed by atoms with Crippen LogP contribution in [0.1, 0.15) is 25.8 Å². The van der Waals surface area contributed by atoms with Gasteiger partial charge in [-0.3, -0.25) is 4.79 Å². The van der Waals surface area contributed by atoms with Gasteiger partial charge in [0.2, 0.25) is 5.91 Å². The van der Waals surface area contributed by atoms with Crippen LogP contribution < -0.4 is 5.32 Å². The first-order valence-electron chi connectivity index (χ1n) is 6.69. The van der Waals surface area contributed by atoms with Crippen molar-refractivity contribution in [3.63, 3.8) is 0 Å². The van der Waals surface area contributed by atoms with E-state index >= 15 is 0 Å². The predicted molar refractivity (Wildman–Crippen MR) is 73.5 cm³/mol. The molecule has 4 nitrogen and oxygen atoms in total. The van der Waals surface area contributed by atoms with E-state index in [0.29, 0.717) is 6.42 Å². The van der Waals surface area contributed by atoms with Crippen LogP contribution in [0.4, 0.5) is 8.78 Å². The number of methoxy groups -OCH3 is 1. The molecule has 0 aromatic heterocycles. The van der Waals surface area contributed by atoms with Crippen molar-refractivity contribution >= 4 is 11.9 Å². The number of benzene rings is 1. The molecule has 21 heavy (non-hydrogen) atoms. The molecule has 2 atom stereocenters. The first kappa shape index (κ1) is 17.1. The van der Waals surface area contributed by atoms with Gasteiger partial charge < -0.3 is 10.1 Å². The van der Waals surface area contributed by atoms with E-state index in [1.807, 2.05) is 13.8 Å². The fraction of sp³-hybridized carbons (Fsp3) is 0.467. The van der Waals surface area contributed by atoms with E-state index < -0.39 is 29.6 Å². The van der Waals surface area contributed by atoms with Crippen LogP contribution in [0.5, 0.6) is 0 Å². The van der Waals surface area contributed by atoms with Crippen LogP contribution in [0, 0.1) is 17.6 Å². The molecule has 0 spiro atoms. The SMILES string of the molecule is CC[C@H](C)[C@H](NC(=O)Cc1cc(F)cc(F)c1)C(=O)OC. The number of halogens is 2. The summed E-state index contributed by atoms with van der Waals surface area (Å²) in [7, 11) is 1.24. The number of amides is 1. The van der Waals surface area contributed by atoms with Crippen LogP contribution in [0.15, 0.2) is 18.2 Å². The van der Waals surface area contributed by atoms with Gasteiger partial charge in [0.15, 0.2) is 0 Å². The molecule has 1 amide bonds. The molecule has 1 aromatic rings. The van der Waals surface area contributed by atoms with Gasteiger partial charge in [0.1, 0.15) is 17.7 Å². The number of rotatable bonds is 6. The summed E-state index contributed by atoms with van der Waals surface area (Å²) in [6, 6.07) is 2.13. The van der Waals surface area contributed by atoms with Gasteiger partial charge in [-0.1, -0.05) is 20.3 Å². The van der Waals surface area contributed by atoms with Gasteiger partial charge in [-0.05, 0) is 23.6 Å². The summed E-state index contributed by atoms with van der Waals surface area (Å²) in [5.74, 6) is -2.63. The third-order valence-electron chi connectivity index (χ3n) is 3.27. The molecule has 0 aliphatic heterocycles. The maximum atomic E-state index is 13.1. The second-order valence-electron chi connectivity index (χ2n) is 4.91. The molecule has 1 rings (SSSR count). The van der Waals surface area contributed by atoms with Gasteiger partial charge in [0.25, 0.3) is 0 Å². The smallest absolute Gasteiger partial charge is 0.328 e. The molecule has 0 fully saturated rings. The van der Waals surface area contributed by atoms with E-state index in [0.717, 1.165) is 18.2 Å². The van der Waals surface area contributed by atoms with E-state index in [2.05, 4.69) is 10.1 Å². The van der Waals surface area contributed by atoms with Crippen molar-refractivity contribution in [2.24, 2.45) is 5.92 Å². The first-order valence-corrected chi connectivity index (χ1v) is 6.69. The molecule has 0 saturated carbocycles. The number of carbonyl (C=O) groups excluding carboxylic acids is 2. The van der Waals surface area contributed by atoms with Gasteiger partial charge >= 0.3 is 5.97 Å². The molecule has 0 radical (unpaired) electrons. The summed E-state index contributed by atoms with van der Waals surface area (Å²) in [6.45, 7) is 3.69. The molecule has 0 aliphatic rings. The van der Waals surface area contributed by atoms with E-state index in [-0.39, 0.29) is 17.9 Å². The molecular formula is C15H19F2NO3. The lowest BCUT2D eigenvalue weighted by molar-refractivity contribution is -0.146. The van der Waals surface area contributed by atoms with Crippen molar-refractivity contribution in [3.8, 4) is 0 Å². The highest BCUT2D eigenvalue weighted by Gasteiger charge is 2.26. The zero-order valence-corrected chi connectivity index (χ0v) is 12.3. The summed E-state index contributed by atoms with van der Waals surface area (Å²) in [5.41, 5.74) is 0.206. The Morgan fingerprint density at radius 3 is 2.29 bits per heavy atom. The fourth-order valence-corrected chi connectivity index (χ4v) is 1.92. The third-order valence-corrected chi connectivity index (χ3v) is 3.27. The van der Waals surface area contributed by atoms with E-state index in [4.69, 9.17) is 0 Å². The van der Waals surface area contributed by atoms with Crippen LogP contribution in [0.25, 0.3) is 0 Å². The molecule has 1 aromatic carbocycles. The maximum Gasteiger partial charge on any atom is 0.328 e. The molecule has 0 saturated heterocycles. The van der Waals surface area contributed by atoms with Gasteiger partial charge in [0.05, 0.1) is 13.5 Å². The largest absolute Gasteiger partial charge is 0.467 e. The zero-order valence-electron chi connectivity index (χ0n) is 12.3. The van der Waals surface area contributed by atoms with Crippen LogP contribution in [0.2, 0.25) is 0 Å². The summed E-state index contributed by atoms with van der Waals surface area (Å²) in [5, 5.41) is 2.55. The second-order valence-corrected chi connectivity index (χ2v) is 4.91. The highest BCUT2D eigenvalue weighted by atomic mass is 19.1. The Bertz CT molecular complexity index is 499. The molecule has 0 bridgehead atoms. The van der Waals surface area contributed by atoms with Gasteiger partial charge in [-0.2, -0.15) is 0 Å². The van der Waals surface area contributed by atoms with Crippen molar-refractivity contribution in [3.05, 3.63) is 35.4 Å². The Balaban J connectivity index is 2.75. The number of esters is 1. The molecular weight excluding hydrogens is 280 g/mol. The topological polar surface area (TPSA) is 55.4 Å². The molecule has 0 heterocycles. The lowest BCUT2D eigenvalue weighted by Crippen LogP contribution is -2.46. The van der Waals surface area contributed by atoms with Crippen molar-refractivity contribution in [1.82, 2.24) is 5.32 Å². The lowest BCUT2D eigenvalue weighted by Gasteiger charge is -2.21. The third kappa shape index (κ3) is 5.13. The van der Waals surface area contributed by atoms with Crippen molar-refractivity contribution in [2.75, 3.05) is 7.11 Å². The Labute approximate surface area is 122 Å². The van der Waals surface area contributed by atoms with Crippen molar-refractivity contribution in [2.45, 2.75) is 32.7 Å². The summed E-state index contributed by atoms with van der Waals surface area (Å²) >= 11 is 0. The highest BCUT2D eigenvalue weighted by molar-refractivity contribution is 5.85. The fourth-order valence-electron chi connectivity index (χ4n) is 1.92. The number of hydrogen-bond acceptors (Lipinski definition) is 3. The van der Waals surface area contributed by atoms with Crippen LogP contribution in [-0.2, 0) is 20.7 Å². The predicted octanol–water partition coefficient (Wildman–Crippen LogP) is 2.21. The van der Waals surface area contributed by atoms with Crippen LogP contribution >= 0.6 is 0 Å². The minimum absolute atomic E-state index is 0.106. The second kappa shape index (κ2) is 7.71. The quantitative estimate of drug-likeness (QED) is 0.819.